The Morgan fingerprint density at radius 1 is 1.00 bits per heavy atom. The smallest absolute Gasteiger partial charge is 0.119 e. The summed E-state index contributed by atoms with van der Waals surface area (Å²) in [7, 11) is 0. The summed E-state index contributed by atoms with van der Waals surface area (Å²) in [6.45, 7) is 5.72. The molecule has 0 saturated heterocycles. The van der Waals surface area contributed by atoms with Gasteiger partial charge >= 0.3 is 0 Å². The summed E-state index contributed by atoms with van der Waals surface area (Å²) in [6.07, 6.45) is 7.36. The average Bonchev–Trinajstić information content (AvgIpc) is 3.20. The van der Waals surface area contributed by atoms with E-state index in [0.29, 0.717) is 18.7 Å². The number of ether oxygens (including phenoxy) is 1. The van der Waals surface area contributed by atoms with Crippen LogP contribution in [0.25, 0.3) is 0 Å². The number of hydrogen-bond donors (Lipinski definition) is 1. The summed E-state index contributed by atoms with van der Waals surface area (Å²) in [5.41, 5.74) is 2.35. The summed E-state index contributed by atoms with van der Waals surface area (Å²) in [4.78, 5) is 4.01. The molecule has 5 heteroatoms. The van der Waals surface area contributed by atoms with E-state index in [4.69, 9.17) is 4.74 Å². The molecule has 0 saturated carbocycles. The van der Waals surface area contributed by atoms with E-state index in [-0.39, 0.29) is 0 Å². The lowest BCUT2D eigenvalue weighted by molar-refractivity contribution is 0.306. The van der Waals surface area contributed by atoms with Gasteiger partial charge in [0.15, 0.2) is 0 Å². The number of nitrogens with one attached hydrogen (secondary N) is 1. The molecule has 0 unspecified atom stereocenters. The highest BCUT2D eigenvalue weighted by molar-refractivity contribution is 5.27. The van der Waals surface area contributed by atoms with Gasteiger partial charge in [0, 0.05) is 37.4 Å². The number of nitrogens with zero attached hydrogens (tertiary/aromatic N) is 3. The van der Waals surface area contributed by atoms with E-state index in [2.05, 4.69) is 41.4 Å². The zero-order chi connectivity index (χ0) is 17.5. The minimum Gasteiger partial charge on any atom is -0.489 e. The Balaban J connectivity index is 1.47. The van der Waals surface area contributed by atoms with Gasteiger partial charge in [-0.05, 0) is 55.3 Å². The molecule has 0 radical (unpaired) electrons. The normalized spacial score (nSPS) is 13.4. The first-order valence-corrected chi connectivity index (χ1v) is 8.55. The number of rotatable bonds is 8. The summed E-state index contributed by atoms with van der Waals surface area (Å²) >= 11 is 0. The largest absolute Gasteiger partial charge is 0.489 e. The van der Waals surface area contributed by atoms with Crippen LogP contribution in [0.3, 0.4) is 0 Å². The third-order valence-corrected chi connectivity index (χ3v) is 4.37. The molecule has 0 bridgehead atoms. The van der Waals surface area contributed by atoms with Crippen LogP contribution in [0.1, 0.15) is 31.0 Å². The summed E-state index contributed by atoms with van der Waals surface area (Å²) in [6, 6.07) is 14.7. The summed E-state index contributed by atoms with van der Waals surface area (Å²) in [5.74, 6) is 0.874. The third kappa shape index (κ3) is 4.90. The van der Waals surface area contributed by atoms with Crippen molar-refractivity contribution in [3.63, 3.8) is 0 Å². The fourth-order valence-electron chi connectivity index (χ4n) is 2.55. The maximum Gasteiger partial charge on any atom is 0.119 e. The van der Waals surface area contributed by atoms with Crippen LogP contribution < -0.4 is 10.1 Å². The maximum atomic E-state index is 5.80. The van der Waals surface area contributed by atoms with Crippen LogP contribution in [0, 0.1) is 0 Å². The topological polar surface area (TPSA) is 52.0 Å². The molecule has 0 aliphatic carbocycles. The molecule has 2 heterocycles. The van der Waals surface area contributed by atoms with E-state index in [9.17, 15) is 0 Å². The molecule has 0 amide bonds. The SMILES string of the molecule is C[C@H](NCc1ccc(OCc2ccncc2)cc1)[C@@H](C)n1cccn1. The van der Waals surface area contributed by atoms with E-state index in [1.807, 2.05) is 47.4 Å². The van der Waals surface area contributed by atoms with Crippen LogP contribution in [-0.4, -0.2) is 20.8 Å². The molecule has 0 fully saturated rings. The van der Waals surface area contributed by atoms with Crippen molar-refractivity contribution in [3.05, 3.63) is 78.4 Å². The first-order chi connectivity index (χ1) is 12.2. The van der Waals surface area contributed by atoms with Gasteiger partial charge in [0.2, 0.25) is 0 Å². The lowest BCUT2D eigenvalue weighted by Crippen LogP contribution is -2.33. The average molecular weight is 336 g/mol. The van der Waals surface area contributed by atoms with Crippen molar-refractivity contribution in [2.45, 2.75) is 39.1 Å². The predicted molar refractivity (Wildman–Crippen MR) is 98.3 cm³/mol. The van der Waals surface area contributed by atoms with Gasteiger partial charge < -0.3 is 10.1 Å². The number of pyridine rings is 1. The van der Waals surface area contributed by atoms with Gasteiger partial charge in [-0.25, -0.2) is 0 Å². The van der Waals surface area contributed by atoms with Crippen LogP contribution in [-0.2, 0) is 13.2 Å². The van der Waals surface area contributed by atoms with Crippen LogP contribution in [0.15, 0.2) is 67.3 Å². The van der Waals surface area contributed by atoms with E-state index >= 15 is 0 Å². The van der Waals surface area contributed by atoms with Crippen LogP contribution >= 0.6 is 0 Å². The van der Waals surface area contributed by atoms with E-state index in [1.54, 1.807) is 12.4 Å². The zero-order valence-electron chi connectivity index (χ0n) is 14.7. The zero-order valence-corrected chi connectivity index (χ0v) is 14.7. The molecule has 5 nitrogen and oxygen atoms in total. The Labute approximate surface area is 148 Å². The van der Waals surface area contributed by atoms with E-state index < -0.39 is 0 Å². The molecule has 2 atom stereocenters. The minimum atomic E-state index is 0.304. The molecule has 25 heavy (non-hydrogen) atoms. The van der Waals surface area contributed by atoms with Crippen LogP contribution in [0.2, 0.25) is 0 Å². The van der Waals surface area contributed by atoms with Gasteiger partial charge in [0.1, 0.15) is 12.4 Å². The lowest BCUT2D eigenvalue weighted by Gasteiger charge is -2.22. The molecule has 3 rings (SSSR count). The molecular weight excluding hydrogens is 312 g/mol. The second-order valence-corrected chi connectivity index (χ2v) is 6.18. The summed E-state index contributed by atoms with van der Waals surface area (Å²) in [5, 5.41) is 7.86. The van der Waals surface area contributed by atoms with Gasteiger partial charge in [-0.2, -0.15) is 5.10 Å². The monoisotopic (exact) mass is 336 g/mol. The second-order valence-electron chi connectivity index (χ2n) is 6.18. The van der Waals surface area contributed by atoms with Crippen molar-refractivity contribution < 1.29 is 4.74 Å². The van der Waals surface area contributed by atoms with E-state index in [0.717, 1.165) is 17.9 Å². The second kappa shape index (κ2) is 8.44. The van der Waals surface area contributed by atoms with Crippen LogP contribution in [0.4, 0.5) is 0 Å². The molecular formula is C20H24N4O. The Hall–Kier alpha value is -2.66. The molecule has 2 aromatic heterocycles. The first kappa shape index (κ1) is 17.2. The van der Waals surface area contributed by atoms with Crippen LogP contribution in [0.5, 0.6) is 5.75 Å². The highest BCUT2D eigenvalue weighted by Gasteiger charge is 2.13. The Morgan fingerprint density at radius 2 is 1.76 bits per heavy atom. The standard InChI is InChI=1S/C20H24N4O/c1-16(17(2)24-13-3-10-23-24)22-14-18-4-6-20(7-5-18)25-15-19-8-11-21-12-9-19/h3-13,16-17,22H,14-15H2,1-2H3/t16-,17+/m0/s1. The van der Waals surface area contributed by atoms with Gasteiger partial charge in [0.05, 0.1) is 6.04 Å². The molecule has 1 N–H and O–H groups in total. The number of benzene rings is 1. The number of aromatic nitrogens is 3. The first-order valence-electron chi connectivity index (χ1n) is 8.55. The summed E-state index contributed by atoms with van der Waals surface area (Å²) < 4.78 is 7.78. The lowest BCUT2D eigenvalue weighted by atomic mass is 10.1. The highest BCUT2D eigenvalue weighted by Crippen LogP contribution is 2.15. The Kier molecular flexibility index (Phi) is 5.80. The van der Waals surface area contributed by atoms with Crippen molar-refractivity contribution >= 4 is 0 Å². The quantitative estimate of drug-likeness (QED) is 0.683. The molecule has 3 aromatic rings. The molecule has 0 aliphatic rings. The van der Waals surface area contributed by atoms with E-state index in [1.165, 1.54) is 5.56 Å². The van der Waals surface area contributed by atoms with Gasteiger partial charge in [-0.15, -0.1) is 0 Å². The molecule has 1 aromatic carbocycles. The minimum absolute atomic E-state index is 0.304. The predicted octanol–water partition coefficient (Wildman–Crippen LogP) is 3.60. The van der Waals surface area contributed by atoms with Crippen molar-refractivity contribution in [1.82, 2.24) is 20.1 Å². The van der Waals surface area contributed by atoms with Crippen molar-refractivity contribution in [2.75, 3.05) is 0 Å². The molecule has 0 spiro atoms. The fraction of sp³-hybridized carbons (Fsp3) is 0.300. The molecule has 130 valence electrons. The third-order valence-electron chi connectivity index (χ3n) is 4.37. The fourth-order valence-corrected chi connectivity index (χ4v) is 2.55. The number of hydrogen-bond acceptors (Lipinski definition) is 4. The van der Waals surface area contributed by atoms with Gasteiger partial charge in [-0.1, -0.05) is 12.1 Å². The van der Waals surface area contributed by atoms with Gasteiger partial charge in [-0.3, -0.25) is 9.67 Å². The van der Waals surface area contributed by atoms with Gasteiger partial charge in [0.25, 0.3) is 0 Å². The maximum absolute atomic E-state index is 5.80. The van der Waals surface area contributed by atoms with Crippen molar-refractivity contribution in [3.8, 4) is 5.75 Å². The van der Waals surface area contributed by atoms with Crippen molar-refractivity contribution in [1.29, 1.82) is 0 Å². The molecule has 0 aliphatic heterocycles. The van der Waals surface area contributed by atoms with Crippen molar-refractivity contribution in [2.24, 2.45) is 0 Å². The highest BCUT2D eigenvalue weighted by atomic mass is 16.5. The Morgan fingerprint density at radius 3 is 2.44 bits per heavy atom. The Bertz CT molecular complexity index is 741.